The number of anilines is 1. The van der Waals surface area contributed by atoms with Crippen LogP contribution < -0.4 is 10.1 Å². The SMILES string of the molecule is COC(=O)C1=C(Nc2cc(OC)cc(C(F)(F)F)c2F)C(=O)N(CCO)C1. The molecule has 0 spiro atoms. The summed E-state index contributed by atoms with van der Waals surface area (Å²) in [6.07, 6.45) is -5.00. The topological polar surface area (TPSA) is 88.1 Å². The van der Waals surface area contributed by atoms with Crippen molar-refractivity contribution in [3.63, 3.8) is 0 Å². The lowest BCUT2D eigenvalue weighted by Crippen LogP contribution is -2.31. The van der Waals surface area contributed by atoms with Gasteiger partial charge in [-0.15, -0.1) is 0 Å². The van der Waals surface area contributed by atoms with Crippen molar-refractivity contribution >= 4 is 17.6 Å². The Morgan fingerprint density at radius 2 is 2.00 bits per heavy atom. The maximum atomic E-state index is 14.4. The summed E-state index contributed by atoms with van der Waals surface area (Å²) in [6, 6.07) is 1.40. The van der Waals surface area contributed by atoms with Gasteiger partial charge in [-0.25, -0.2) is 9.18 Å². The Labute approximate surface area is 151 Å². The Morgan fingerprint density at radius 3 is 2.52 bits per heavy atom. The smallest absolute Gasteiger partial charge is 0.419 e. The third kappa shape index (κ3) is 4.13. The van der Waals surface area contributed by atoms with Crippen LogP contribution in [-0.2, 0) is 20.5 Å². The number of nitrogens with one attached hydrogen (secondary N) is 1. The molecule has 148 valence electrons. The van der Waals surface area contributed by atoms with Crippen molar-refractivity contribution in [3.05, 3.63) is 34.8 Å². The van der Waals surface area contributed by atoms with E-state index in [2.05, 4.69) is 10.1 Å². The molecule has 7 nitrogen and oxygen atoms in total. The molecule has 0 bridgehead atoms. The Bertz CT molecular complexity index is 792. The van der Waals surface area contributed by atoms with Crippen molar-refractivity contribution in [2.24, 2.45) is 0 Å². The van der Waals surface area contributed by atoms with Gasteiger partial charge >= 0.3 is 12.1 Å². The molecule has 2 rings (SSSR count). The largest absolute Gasteiger partial charge is 0.497 e. The van der Waals surface area contributed by atoms with Gasteiger partial charge in [-0.2, -0.15) is 13.2 Å². The fourth-order valence-electron chi connectivity index (χ4n) is 2.50. The highest BCUT2D eigenvalue weighted by Gasteiger charge is 2.38. The molecule has 27 heavy (non-hydrogen) atoms. The number of alkyl halides is 3. The molecular weight excluding hydrogens is 376 g/mol. The maximum absolute atomic E-state index is 14.4. The molecule has 0 radical (unpaired) electrons. The fourth-order valence-corrected chi connectivity index (χ4v) is 2.50. The second-order valence-electron chi connectivity index (χ2n) is 5.45. The van der Waals surface area contributed by atoms with Gasteiger partial charge in [0, 0.05) is 12.6 Å². The second kappa shape index (κ2) is 7.82. The number of β-amino-alcohol motifs (C(OH)–C–C–N with tert-alkyl or cyclic N) is 1. The van der Waals surface area contributed by atoms with Gasteiger partial charge in [-0.3, -0.25) is 4.79 Å². The van der Waals surface area contributed by atoms with Crippen LogP contribution in [0.5, 0.6) is 5.75 Å². The van der Waals surface area contributed by atoms with Crippen LogP contribution in [0.3, 0.4) is 0 Å². The number of hydrogen-bond acceptors (Lipinski definition) is 6. The van der Waals surface area contributed by atoms with Crippen molar-refractivity contribution in [3.8, 4) is 5.75 Å². The molecule has 1 aromatic carbocycles. The van der Waals surface area contributed by atoms with Crippen molar-refractivity contribution in [2.75, 3.05) is 39.2 Å². The molecule has 1 heterocycles. The average molecular weight is 392 g/mol. The minimum Gasteiger partial charge on any atom is -0.497 e. The molecule has 2 N–H and O–H groups in total. The van der Waals surface area contributed by atoms with Gasteiger partial charge in [0.15, 0.2) is 5.82 Å². The maximum Gasteiger partial charge on any atom is 0.419 e. The van der Waals surface area contributed by atoms with E-state index in [1.54, 1.807) is 0 Å². The number of carbonyl (C=O) groups excluding carboxylic acids is 2. The first-order valence-corrected chi connectivity index (χ1v) is 7.57. The minimum absolute atomic E-state index is 0.126. The van der Waals surface area contributed by atoms with Gasteiger partial charge in [0.25, 0.3) is 5.91 Å². The molecule has 1 aliphatic heterocycles. The quantitative estimate of drug-likeness (QED) is 0.564. The second-order valence-corrected chi connectivity index (χ2v) is 5.45. The van der Waals surface area contributed by atoms with Crippen LogP contribution in [0.15, 0.2) is 23.4 Å². The van der Waals surface area contributed by atoms with Crippen molar-refractivity contribution in [2.45, 2.75) is 6.18 Å². The molecule has 0 saturated carbocycles. The summed E-state index contributed by atoms with van der Waals surface area (Å²) in [5.41, 5.74) is -2.93. The lowest BCUT2D eigenvalue weighted by atomic mass is 10.1. The molecule has 1 aliphatic rings. The van der Waals surface area contributed by atoms with Crippen LogP contribution in [0.2, 0.25) is 0 Å². The van der Waals surface area contributed by atoms with Crippen LogP contribution in [0.25, 0.3) is 0 Å². The first-order valence-electron chi connectivity index (χ1n) is 7.57. The zero-order valence-corrected chi connectivity index (χ0v) is 14.3. The molecule has 0 atom stereocenters. The minimum atomic E-state index is -5.00. The van der Waals surface area contributed by atoms with Gasteiger partial charge < -0.3 is 24.8 Å². The van der Waals surface area contributed by atoms with E-state index in [1.807, 2.05) is 0 Å². The van der Waals surface area contributed by atoms with E-state index in [0.717, 1.165) is 25.2 Å². The Balaban J connectivity index is 2.52. The van der Waals surface area contributed by atoms with E-state index < -0.39 is 47.4 Å². The zero-order valence-electron chi connectivity index (χ0n) is 14.3. The predicted molar refractivity (Wildman–Crippen MR) is 84.3 cm³/mol. The van der Waals surface area contributed by atoms with E-state index in [4.69, 9.17) is 9.84 Å². The average Bonchev–Trinajstić information content (AvgIpc) is 2.91. The van der Waals surface area contributed by atoms with Gasteiger partial charge in [0.1, 0.15) is 11.4 Å². The Hall–Kier alpha value is -2.82. The number of aliphatic hydroxyl groups excluding tert-OH is 1. The number of benzene rings is 1. The first-order chi connectivity index (χ1) is 12.6. The Kier molecular flexibility index (Phi) is 5.94. The zero-order chi connectivity index (χ0) is 20.4. The number of rotatable bonds is 6. The molecule has 1 aromatic rings. The highest BCUT2D eigenvalue weighted by molar-refractivity contribution is 6.08. The number of hydrogen-bond donors (Lipinski definition) is 2. The first kappa shape index (κ1) is 20.5. The third-order valence-corrected chi connectivity index (χ3v) is 3.80. The number of aliphatic hydroxyl groups is 1. The number of halogens is 4. The molecule has 11 heteroatoms. The monoisotopic (exact) mass is 392 g/mol. The number of methoxy groups -OCH3 is 2. The number of amides is 1. The van der Waals surface area contributed by atoms with Crippen LogP contribution in [0.4, 0.5) is 23.2 Å². The number of carbonyl (C=O) groups is 2. The van der Waals surface area contributed by atoms with Gasteiger partial charge in [-0.05, 0) is 6.07 Å². The van der Waals surface area contributed by atoms with Gasteiger partial charge in [0.2, 0.25) is 0 Å². The molecule has 0 saturated heterocycles. The lowest BCUT2D eigenvalue weighted by Gasteiger charge is -2.17. The summed E-state index contributed by atoms with van der Waals surface area (Å²) in [5, 5.41) is 11.2. The van der Waals surface area contributed by atoms with Crippen molar-refractivity contribution in [1.82, 2.24) is 4.90 Å². The molecule has 0 aliphatic carbocycles. The summed E-state index contributed by atoms with van der Waals surface area (Å²) in [4.78, 5) is 25.3. The van der Waals surface area contributed by atoms with E-state index >= 15 is 0 Å². The highest BCUT2D eigenvalue weighted by atomic mass is 19.4. The van der Waals surface area contributed by atoms with E-state index in [1.165, 1.54) is 0 Å². The fraction of sp³-hybridized carbons (Fsp3) is 0.375. The van der Waals surface area contributed by atoms with E-state index in [9.17, 15) is 27.2 Å². The molecular formula is C16H16F4N2O5. The summed E-state index contributed by atoms with van der Waals surface area (Å²) in [6.45, 7) is -0.774. The normalized spacial score (nSPS) is 14.6. The van der Waals surface area contributed by atoms with Gasteiger partial charge in [-0.1, -0.05) is 0 Å². The number of nitrogens with zero attached hydrogens (tertiary/aromatic N) is 1. The lowest BCUT2D eigenvalue weighted by molar-refractivity contribution is -0.140. The summed E-state index contributed by atoms with van der Waals surface area (Å²) in [7, 11) is 2.15. The molecule has 0 fully saturated rings. The van der Waals surface area contributed by atoms with Crippen molar-refractivity contribution in [1.29, 1.82) is 0 Å². The summed E-state index contributed by atoms with van der Waals surface area (Å²) in [5.74, 6) is -3.66. The highest BCUT2D eigenvalue weighted by Crippen LogP contribution is 2.38. The molecule has 0 unspecified atom stereocenters. The standard InChI is InChI=1S/C16H16F4N2O5/c1-26-8-5-10(16(18,19)20)12(17)11(6-8)21-13-9(15(25)27-2)7-22(3-4-23)14(13)24/h5-6,21,23H,3-4,7H2,1-2H3. The van der Waals surface area contributed by atoms with Crippen molar-refractivity contribution < 1.29 is 41.7 Å². The number of ether oxygens (including phenoxy) is 2. The van der Waals surface area contributed by atoms with Crippen LogP contribution >= 0.6 is 0 Å². The van der Waals surface area contributed by atoms with E-state index in [0.29, 0.717) is 6.07 Å². The number of esters is 1. The molecule has 0 aromatic heterocycles. The van der Waals surface area contributed by atoms with Crippen LogP contribution in [0.1, 0.15) is 5.56 Å². The van der Waals surface area contributed by atoms with E-state index in [-0.39, 0.29) is 24.4 Å². The van der Waals surface area contributed by atoms with Crippen LogP contribution in [0, 0.1) is 5.82 Å². The summed E-state index contributed by atoms with van der Waals surface area (Å²) < 4.78 is 62.8. The molecule has 1 amide bonds. The predicted octanol–water partition coefficient (Wildman–Crippen LogP) is 1.53. The Morgan fingerprint density at radius 1 is 1.33 bits per heavy atom. The summed E-state index contributed by atoms with van der Waals surface area (Å²) >= 11 is 0. The third-order valence-electron chi connectivity index (χ3n) is 3.80. The van der Waals surface area contributed by atoms with Crippen LogP contribution in [-0.4, -0.2) is 55.8 Å². The van der Waals surface area contributed by atoms with Gasteiger partial charge in [0.05, 0.1) is 44.2 Å².